The molecule has 30 heteroatoms. The van der Waals surface area contributed by atoms with Crippen molar-refractivity contribution in [3.8, 4) is 0 Å². The second kappa shape index (κ2) is 58.9. The van der Waals surface area contributed by atoms with Gasteiger partial charge in [0.2, 0.25) is 35.4 Å². The number of phosphoric ester groups is 2. The van der Waals surface area contributed by atoms with E-state index in [9.17, 15) is 72.6 Å². The van der Waals surface area contributed by atoms with Gasteiger partial charge in [-0.25, -0.2) is 13.9 Å². The Hall–Kier alpha value is -6.88. The second-order valence-electron chi connectivity index (χ2n) is 31.2. The van der Waals surface area contributed by atoms with Gasteiger partial charge in [-0.2, -0.15) is 4.31 Å². The SMILES string of the molecule is CC(=O)N[C@H]1[C@@H](OP(=O)(O)OP(=O)(O)OC/C=C(\C)CC/C=C(\C)CC/C=C(\C)CC/C=C(\C)CC/C=C(\C)CC/C=C(\C)CC/C=C(\C)CC/C=C(\C)CC/C=C(\C)CC/C=C(\C)CCC=C(C)C)O[C@H](CO)[C@@H](O)[C@@H]1O[C@H](C)C(=O)NC(=O)[C@H](C)NC(=O)CC[C@@H](NC(=O)[C@H](CCCCN)NC(=O)[C@@H](C)NC(=O)[C@@H](C)N)C(=O)O. The topological polar surface area (TPSA) is 442 Å². The smallest absolute Gasteiger partial charge is 0.480 e. The number of carboxylic acids is 1. The zero-order chi connectivity index (χ0) is 87.7. The summed E-state index contributed by atoms with van der Waals surface area (Å²) in [5.74, 6) is -7.94. The van der Waals surface area contributed by atoms with Gasteiger partial charge in [0, 0.05) is 13.3 Å². The monoisotopic (exact) mass is 1670 g/mol. The lowest BCUT2D eigenvalue weighted by Gasteiger charge is -2.44. The summed E-state index contributed by atoms with van der Waals surface area (Å²) < 4.78 is 52.3. The number of unbranched alkanes of at least 4 members (excludes halogenated alkanes) is 1. The average Bonchev–Trinajstić information content (AvgIpc) is 0.782. The first-order valence-corrected chi connectivity index (χ1v) is 44.0. The summed E-state index contributed by atoms with van der Waals surface area (Å²) in [5, 5.41) is 45.0. The standard InChI is InChI=1S/C86H144N8O20P2/c1-57(2)30-20-31-58(3)32-21-33-59(4)34-22-35-60(5)36-23-37-61(6)38-24-39-62(7)40-25-41-63(8)42-26-43-64(9)44-27-45-65(10)46-28-47-66(11)48-29-49-67(12)53-55-110-115(106,107)114-116(108,109)113-86-77(91-72(17)96)79(78(98)75(56-95)112-86)111-71(16)83(102)94-82(101)69(14)89-76(97)52-51-74(85(104)105)93-84(103)73(50-18-19-54-87)92-81(100)70(15)90-80(99)68(13)88/h30,32,34,36,38,40,42,44,46,48,53,68-71,73-75,77-79,86,95,98H,18-29,31,33,35,37,39,41,43,45,47,49-52,54-56,87-88H2,1-17H3,(H,89,97)(H,90,99)(H,91,96)(H,92,100)(H,93,103)(H,104,105)(H,106,107)(H,108,109)(H,94,101,102)/b58-32+,59-34+,60-36+,61-38+,62-40+,63-42+,64-44+,65-46+,66-48+,67-53+/t68-,69+,70-,71-,73+,74-,75-,77-,78-,79-,86-/m1/s1. The summed E-state index contributed by atoms with van der Waals surface area (Å²) in [5.41, 5.74) is 26.1. The van der Waals surface area contributed by atoms with Gasteiger partial charge in [-0.05, 0) is 271 Å². The second-order valence-corrected chi connectivity index (χ2v) is 34.2. The zero-order valence-electron chi connectivity index (χ0n) is 72.4. The Balaban J connectivity index is 2.68. The van der Waals surface area contributed by atoms with E-state index in [2.05, 4.69) is 168 Å². The summed E-state index contributed by atoms with van der Waals surface area (Å²) in [6, 6.07) is -8.30. The molecule has 0 aromatic heterocycles. The molecule has 0 radical (unpaired) electrons. The number of amides is 7. The maximum atomic E-state index is 13.4. The number of rotatable bonds is 58. The molecule has 13 atom stereocenters. The van der Waals surface area contributed by atoms with Crippen molar-refractivity contribution in [2.24, 2.45) is 11.5 Å². The number of aliphatic hydroxyl groups excluding tert-OH is 2. The molecule has 15 N–H and O–H groups in total. The van der Waals surface area contributed by atoms with Crippen LogP contribution >= 0.6 is 15.6 Å². The number of allylic oxidation sites excluding steroid dienone is 21. The number of hydrogen-bond donors (Lipinski definition) is 13. The first kappa shape index (κ1) is 107. The van der Waals surface area contributed by atoms with Crippen LogP contribution in [0.3, 0.4) is 0 Å². The van der Waals surface area contributed by atoms with Crippen LogP contribution in [0.4, 0.5) is 0 Å². The fourth-order valence-electron chi connectivity index (χ4n) is 12.1. The maximum Gasteiger partial charge on any atom is 0.483 e. The van der Waals surface area contributed by atoms with Crippen LogP contribution in [0, 0.1) is 0 Å². The molecule has 7 amide bonds. The van der Waals surface area contributed by atoms with E-state index < -0.39 is 156 Å². The lowest BCUT2D eigenvalue weighted by molar-refractivity contribution is -0.261. The van der Waals surface area contributed by atoms with Crippen LogP contribution in [0.15, 0.2) is 128 Å². The molecular weight excluding hydrogens is 1530 g/mol. The van der Waals surface area contributed by atoms with Crippen molar-refractivity contribution in [2.45, 2.75) is 345 Å². The molecule has 2 unspecified atom stereocenters. The highest BCUT2D eigenvalue weighted by atomic mass is 31.3. The molecule has 0 aromatic rings. The molecule has 1 aliphatic heterocycles. The normalized spacial score (nSPS) is 19.8. The number of nitrogens with one attached hydrogen (secondary N) is 6. The molecule has 0 bridgehead atoms. The highest BCUT2D eigenvalue weighted by Crippen LogP contribution is 2.61. The molecule has 1 saturated heterocycles. The fourth-order valence-corrected chi connectivity index (χ4v) is 14.2. The van der Waals surface area contributed by atoms with Crippen molar-refractivity contribution in [3.05, 3.63) is 128 Å². The van der Waals surface area contributed by atoms with E-state index >= 15 is 0 Å². The molecule has 1 heterocycles. The van der Waals surface area contributed by atoms with Crippen LogP contribution < -0.4 is 43.4 Å². The van der Waals surface area contributed by atoms with Crippen LogP contribution in [0.1, 0.15) is 278 Å². The molecular formula is C86H144N8O20P2. The number of carbonyl (C=O) groups excluding carboxylic acids is 7. The summed E-state index contributed by atoms with van der Waals surface area (Å²) in [7, 11) is -11.1. The van der Waals surface area contributed by atoms with Gasteiger partial charge in [0.25, 0.3) is 5.91 Å². The number of hydrogen-bond acceptors (Lipinski definition) is 19. The van der Waals surface area contributed by atoms with E-state index in [1.165, 1.54) is 82.6 Å². The molecule has 1 rings (SSSR count). The van der Waals surface area contributed by atoms with E-state index in [1.807, 2.05) is 5.32 Å². The minimum absolute atomic E-state index is 0.0368. The maximum absolute atomic E-state index is 13.4. The summed E-state index contributed by atoms with van der Waals surface area (Å²) in [6.07, 6.45) is 35.8. The van der Waals surface area contributed by atoms with E-state index in [4.69, 9.17) is 30.0 Å². The molecule has 0 aromatic carbocycles. The Morgan fingerprint density at radius 2 is 0.862 bits per heavy atom. The van der Waals surface area contributed by atoms with Gasteiger partial charge < -0.3 is 72.6 Å². The van der Waals surface area contributed by atoms with Crippen molar-refractivity contribution in [1.29, 1.82) is 0 Å². The highest BCUT2D eigenvalue weighted by Gasteiger charge is 2.51. The number of aliphatic carboxylic acids is 1. The van der Waals surface area contributed by atoms with Crippen molar-refractivity contribution in [3.63, 3.8) is 0 Å². The minimum atomic E-state index is -5.74. The number of carbonyl (C=O) groups is 8. The molecule has 116 heavy (non-hydrogen) atoms. The zero-order valence-corrected chi connectivity index (χ0v) is 74.2. The van der Waals surface area contributed by atoms with Gasteiger partial charge in [-0.15, -0.1) is 0 Å². The van der Waals surface area contributed by atoms with Gasteiger partial charge in [0.1, 0.15) is 54.6 Å². The van der Waals surface area contributed by atoms with Crippen LogP contribution in [-0.4, -0.2) is 159 Å². The van der Waals surface area contributed by atoms with Gasteiger partial charge in [0.15, 0.2) is 6.29 Å². The van der Waals surface area contributed by atoms with Gasteiger partial charge in [0.05, 0.1) is 19.3 Å². The first-order chi connectivity index (χ1) is 54.5. The highest BCUT2D eigenvalue weighted by molar-refractivity contribution is 7.61. The lowest BCUT2D eigenvalue weighted by atomic mass is 9.96. The number of nitrogens with two attached hydrogens (primary N) is 2. The molecule has 0 aliphatic carbocycles. The Morgan fingerprint density at radius 3 is 1.23 bits per heavy atom. The Morgan fingerprint density at radius 1 is 0.474 bits per heavy atom. The number of phosphoric acid groups is 2. The van der Waals surface area contributed by atoms with E-state index in [-0.39, 0.29) is 13.0 Å². The van der Waals surface area contributed by atoms with Crippen LogP contribution in [-0.2, 0) is 70.3 Å². The summed E-state index contributed by atoms with van der Waals surface area (Å²) in [6.45, 7) is 30.8. The van der Waals surface area contributed by atoms with Crippen molar-refractivity contribution in [1.82, 2.24) is 31.9 Å². The third-order valence-electron chi connectivity index (χ3n) is 19.5. The Bertz CT molecular complexity index is 3590. The van der Waals surface area contributed by atoms with E-state index in [1.54, 1.807) is 6.92 Å². The van der Waals surface area contributed by atoms with E-state index in [0.29, 0.717) is 25.7 Å². The van der Waals surface area contributed by atoms with Crippen molar-refractivity contribution >= 4 is 63.0 Å². The molecule has 1 fully saturated rings. The third-order valence-corrected chi connectivity index (χ3v) is 22.1. The first-order valence-electron chi connectivity index (χ1n) is 41.0. The summed E-state index contributed by atoms with van der Waals surface area (Å²) in [4.78, 5) is 124. The quantitative estimate of drug-likeness (QED) is 0.0153. The van der Waals surface area contributed by atoms with Gasteiger partial charge in [-0.1, -0.05) is 128 Å². The van der Waals surface area contributed by atoms with Crippen molar-refractivity contribution < 1.29 is 95.4 Å². The van der Waals surface area contributed by atoms with Crippen LogP contribution in [0.25, 0.3) is 0 Å². The van der Waals surface area contributed by atoms with E-state index in [0.717, 1.165) is 135 Å². The largest absolute Gasteiger partial charge is 0.483 e. The van der Waals surface area contributed by atoms with Crippen LogP contribution in [0.2, 0.25) is 0 Å². The Labute approximate surface area is 691 Å². The number of imide groups is 1. The van der Waals surface area contributed by atoms with Gasteiger partial charge >= 0.3 is 21.6 Å². The van der Waals surface area contributed by atoms with Crippen LogP contribution in [0.5, 0.6) is 0 Å². The van der Waals surface area contributed by atoms with Gasteiger partial charge in [-0.3, -0.25) is 47.9 Å². The summed E-state index contributed by atoms with van der Waals surface area (Å²) >= 11 is 0. The molecule has 658 valence electrons. The predicted octanol–water partition coefficient (Wildman–Crippen LogP) is 13.8. The number of carboxylic acid groups (broad SMARTS) is 1. The molecule has 28 nitrogen and oxygen atoms in total. The average molecular weight is 1670 g/mol. The number of ether oxygens (including phenoxy) is 2. The third kappa shape index (κ3) is 50.1. The minimum Gasteiger partial charge on any atom is -0.480 e. The van der Waals surface area contributed by atoms with Crippen molar-refractivity contribution in [2.75, 3.05) is 19.8 Å². The number of aliphatic hydroxyl groups is 2. The molecule has 1 aliphatic rings. The lowest BCUT2D eigenvalue weighted by Crippen LogP contribution is -2.66. The fraction of sp³-hybridized carbons (Fsp3) is 0.651. The Kier molecular flexibility index (Phi) is 54.4. The predicted molar refractivity (Wildman–Crippen MR) is 456 cm³/mol. The molecule has 0 saturated carbocycles. The molecule has 0 spiro atoms.